The SMILES string of the molecule is CC1(C)O[C@H]([C@H]2COC(C)(C)O2)[C@@H](C(=O)CO[Si](C)(C)C(C)(C)C)O1. The second kappa shape index (κ2) is 6.69. The van der Waals surface area contributed by atoms with Gasteiger partial charge in [-0.2, -0.15) is 0 Å². The minimum Gasteiger partial charge on any atom is -0.409 e. The van der Waals surface area contributed by atoms with Gasteiger partial charge >= 0.3 is 0 Å². The summed E-state index contributed by atoms with van der Waals surface area (Å²) in [5, 5.41) is 0.0470. The molecule has 7 heteroatoms. The molecule has 0 saturated carbocycles. The maximum atomic E-state index is 12.8. The van der Waals surface area contributed by atoms with Crippen molar-refractivity contribution >= 4 is 14.1 Å². The summed E-state index contributed by atoms with van der Waals surface area (Å²) in [6, 6.07) is 0. The maximum absolute atomic E-state index is 12.8. The van der Waals surface area contributed by atoms with E-state index in [0.717, 1.165) is 0 Å². The maximum Gasteiger partial charge on any atom is 0.192 e. The van der Waals surface area contributed by atoms with Gasteiger partial charge in [0.1, 0.15) is 12.2 Å². The Labute approximate surface area is 152 Å². The van der Waals surface area contributed by atoms with Crippen molar-refractivity contribution in [2.24, 2.45) is 0 Å². The monoisotopic (exact) mass is 374 g/mol. The quantitative estimate of drug-likeness (QED) is 0.688. The van der Waals surface area contributed by atoms with Crippen molar-refractivity contribution in [2.45, 2.75) is 96.5 Å². The lowest BCUT2D eigenvalue weighted by atomic mass is 10.1. The number of ether oxygens (including phenoxy) is 4. The van der Waals surface area contributed by atoms with Crippen LogP contribution in [-0.4, -0.2) is 57.2 Å². The Morgan fingerprint density at radius 2 is 1.68 bits per heavy atom. The van der Waals surface area contributed by atoms with Crippen LogP contribution in [-0.2, 0) is 28.2 Å². The van der Waals surface area contributed by atoms with E-state index in [-0.39, 0.29) is 23.5 Å². The van der Waals surface area contributed by atoms with Crippen LogP contribution in [0.15, 0.2) is 0 Å². The molecule has 2 rings (SSSR count). The van der Waals surface area contributed by atoms with E-state index < -0.39 is 32.1 Å². The molecule has 0 aromatic rings. The molecule has 0 aromatic heterocycles. The van der Waals surface area contributed by atoms with Crippen LogP contribution in [0.1, 0.15) is 48.5 Å². The summed E-state index contributed by atoms with van der Waals surface area (Å²) in [7, 11) is -2.00. The van der Waals surface area contributed by atoms with Crippen LogP contribution in [0.5, 0.6) is 0 Å². The summed E-state index contributed by atoms with van der Waals surface area (Å²) in [6.45, 7) is 18.4. The first kappa shape index (κ1) is 21.0. The normalized spacial score (nSPS) is 32.1. The third kappa shape index (κ3) is 4.90. The smallest absolute Gasteiger partial charge is 0.192 e. The van der Waals surface area contributed by atoms with Crippen molar-refractivity contribution in [3.8, 4) is 0 Å². The van der Waals surface area contributed by atoms with Crippen molar-refractivity contribution in [3.63, 3.8) is 0 Å². The average Bonchev–Trinajstić information content (AvgIpc) is 2.94. The lowest BCUT2D eigenvalue weighted by Gasteiger charge is -2.36. The summed E-state index contributed by atoms with van der Waals surface area (Å²) >= 11 is 0. The van der Waals surface area contributed by atoms with E-state index in [1.54, 1.807) is 0 Å². The first-order valence-electron chi connectivity index (χ1n) is 8.98. The number of ketones is 1. The van der Waals surface area contributed by atoms with Gasteiger partial charge in [0.25, 0.3) is 0 Å². The molecule has 6 nitrogen and oxygen atoms in total. The van der Waals surface area contributed by atoms with E-state index in [1.807, 2.05) is 27.7 Å². The summed E-state index contributed by atoms with van der Waals surface area (Å²) in [4.78, 5) is 12.8. The Morgan fingerprint density at radius 1 is 1.08 bits per heavy atom. The highest BCUT2D eigenvalue weighted by atomic mass is 28.4. The van der Waals surface area contributed by atoms with Crippen LogP contribution in [0.4, 0.5) is 0 Å². The predicted molar refractivity (Wildman–Crippen MR) is 96.9 cm³/mol. The van der Waals surface area contributed by atoms with Gasteiger partial charge in [-0.3, -0.25) is 4.79 Å². The van der Waals surface area contributed by atoms with Crippen molar-refractivity contribution < 1.29 is 28.2 Å². The minimum absolute atomic E-state index is 0.0358. The Morgan fingerprint density at radius 3 is 2.16 bits per heavy atom. The number of Topliss-reactive ketones (excluding diaryl/α,β-unsaturated/α-hetero) is 1. The fourth-order valence-corrected chi connectivity index (χ4v) is 3.67. The predicted octanol–water partition coefficient (Wildman–Crippen LogP) is 3.25. The van der Waals surface area contributed by atoms with Gasteiger partial charge in [0.2, 0.25) is 0 Å². The van der Waals surface area contributed by atoms with Gasteiger partial charge in [0.15, 0.2) is 31.8 Å². The third-order valence-corrected chi connectivity index (χ3v) is 9.70. The molecule has 2 saturated heterocycles. The van der Waals surface area contributed by atoms with Gasteiger partial charge in [0.05, 0.1) is 13.2 Å². The van der Waals surface area contributed by atoms with Gasteiger partial charge in [-0.15, -0.1) is 0 Å². The van der Waals surface area contributed by atoms with Crippen LogP contribution >= 0.6 is 0 Å². The summed E-state index contributed by atoms with van der Waals surface area (Å²) in [6.07, 6.45) is -1.53. The molecule has 0 unspecified atom stereocenters. The van der Waals surface area contributed by atoms with Crippen LogP contribution < -0.4 is 0 Å². The van der Waals surface area contributed by atoms with Crippen LogP contribution in [0.25, 0.3) is 0 Å². The van der Waals surface area contributed by atoms with Crippen molar-refractivity contribution in [3.05, 3.63) is 0 Å². The summed E-state index contributed by atoms with van der Waals surface area (Å²) < 4.78 is 29.4. The van der Waals surface area contributed by atoms with E-state index in [0.29, 0.717) is 6.61 Å². The number of hydrogen-bond donors (Lipinski definition) is 0. The Balaban J connectivity index is 2.06. The lowest BCUT2D eigenvalue weighted by molar-refractivity contribution is -0.175. The molecule has 146 valence electrons. The first-order valence-corrected chi connectivity index (χ1v) is 11.9. The molecule has 0 aromatic carbocycles. The second-order valence-electron chi connectivity index (χ2n) is 9.40. The van der Waals surface area contributed by atoms with Crippen molar-refractivity contribution in [2.75, 3.05) is 13.2 Å². The number of hydrogen-bond acceptors (Lipinski definition) is 6. The highest BCUT2D eigenvalue weighted by Crippen LogP contribution is 2.38. The van der Waals surface area contributed by atoms with E-state index in [1.165, 1.54) is 0 Å². The summed E-state index contributed by atoms with van der Waals surface area (Å²) in [5.74, 6) is -1.61. The average molecular weight is 375 g/mol. The van der Waals surface area contributed by atoms with Gasteiger partial charge in [-0.05, 0) is 45.8 Å². The molecule has 0 N–H and O–H groups in total. The Kier molecular flexibility index (Phi) is 5.62. The van der Waals surface area contributed by atoms with Gasteiger partial charge in [-0.1, -0.05) is 20.8 Å². The first-order chi connectivity index (χ1) is 11.1. The van der Waals surface area contributed by atoms with E-state index in [2.05, 4.69) is 33.9 Å². The Bertz CT molecular complexity index is 508. The molecule has 0 aliphatic carbocycles. The molecule has 0 radical (unpaired) electrons. The van der Waals surface area contributed by atoms with E-state index in [4.69, 9.17) is 23.4 Å². The van der Waals surface area contributed by atoms with E-state index in [9.17, 15) is 4.79 Å². The minimum atomic E-state index is -2.00. The molecule has 0 spiro atoms. The fraction of sp³-hybridized carbons (Fsp3) is 0.944. The van der Waals surface area contributed by atoms with Crippen LogP contribution in [0.3, 0.4) is 0 Å². The molecule has 3 atom stereocenters. The second-order valence-corrected chi connectivity index (χ2v) is 14.2. The highest BCUT2D eigenvalue weighted by Gasteiger charge is 2.52. The Hall–Kier alpha value is -0.313. The molecule has 2 aliphatic rings. The molecular formula is C18H34O6Si. The number of carbonyl (C=O) groups excluding carboxylic acids is 1. The van der Waals surface area contributed by atoms with Gasteiger partial charge < -0.3 is 23.4 Å². The standard InChI is InChI=1S/C18H34O6Si/c1-16(2,3)25(8,9)21-10-12(19)14-15(24-18(6,7)23-14)13-11-20-17(4,5)22-13/h13-15H,10-11H2,1-9H3/t13-,14-,15-/m1/s1. The lowest BCUT2D eigenvalue weighted by Crippen LogP contribution is -2.46. The highest BCUT2D eigenvalue weighted by molar-refractivity contribution is 6.74. The molecule has 0 amide bonds. The van der Waals surface area contributed by atoms with Gasteiger partial charge in [-0.25, -0.2) is 0 Å². The largest absolute Gasteiger partial charge is 0.409 e. The van der Waals surface area contributed by atoms with Crippen LogP contribution in [0.2, 0.25) is 18.1 Å². The van der Waals surface area contributed by atoms with E-state index >= 15 is 0 Å². The zero-order chi connectivity index (χ0) is 19.3. The van der Waals surface area contributed by atoms with Crippen molar-refractivity contribution in [1.82, 2.24) is 0 Å². The molecule has 2 fully saturated rings. The fourth-order valence-electron chi connectivity index (χ4n) is 2.74. The molecule has 25 heavy (non-hydrogen) atoms. The summed E-state index contributed by atoms with van der Waals surface area (Å²) in [5.41, 5.74) is 0. The topological polar surface area (TPSA) is 63.2 Å². The molecular weight excluding hydrogens is 340 g/mol. The number of rotatable bonds is 5. The van der Waals surface area contributed by atoms with Gasteiger partial charge in [0, 0.05) is 0 Å². The molecule has 2 heterocycles. The zero-order valence-electron chi connectivity index (χ0n) is 17.1. The van der Waals surface area contributed by atoms with Crippen LogP contribution in [0, 0.1) is 0 Å². The van der Waals surface area contributed by atoms with Crippen molar-refractivity contribution in [1.29, 1.82) is 0 Å². The molecule has 2 aliphatic heterocycles. The zero-order valence-corrected chi connectivity index (χ0v) is 18.1. The third-order valence-electron chi connectivity index (χ3n) is 5.22. The number of carbonyl (C=O) groups is 1. The molecule has 0 bridgehead atoms.